The molecule has 0 bridgehead atoms. The summed E-state index contributed by atoms with van der Waals surface area (Å²) in [6, 6.07) is 6.69. The number of thioether (sulfide) groups is 1. The van der Waals surface area contributed by atoms with E-state index in [-0.39, 0.29) is 12.2 Å². The number of benzene rings is 1. The monoisotopic (exact) mass is 342 g/mol. The minimum absolute atomic E-state index is 0.165. The van der Waals surface area contributed by atoms with Crippen molar-refractivity contribution < 1.29 is 19.1 Å². The third-order valence-corrected chi connectivity index (χ3v) is 4.18. The molecule has 1 aromatic rings. The summed E-state index contributed by atoms with van der Waals surface area (Å²) < 4.78 is 4.71. The second-order valence-electron chi connectivity index (χ2n) is 4.85. The van der Waals surface area contributed by atoms with E-state index in [1.165, 1.54) is 25.8 Å². The molecule has 0 aromatic heterocycles. The van der Waals surface area contributed by atoms with E-state index in [1.54, 1.807) is 24.3 Å². The summed E-state index contributed by atoms with van der Waals surface area (Å²) in [5.41, 5.74) is 0.559. The number of hydrogen-bond acceptors (Lipinski definition) is 5. The largest absolute Gasteiger partial charge is 0.468 e. The summed E-state index contributed by atoms with van der Waals surface area (Å²) in [5.74, 6) is -2.64. The second-order valence-corrected chi connectivity index (χ2v) is 6.28. The number of carbonyl (C=O) groups excluding carboxylic acids is 3. The third-order valence-electron chi connectivity index (χ3n) is 3.33. The van der Waals surface area contributed by atoms with Crippen molar-refractivity contribution in [1.29, 1.82) is 0 Å². The molecule has 0 N–H and O–H groups in total. The molecule has 4 nitrogen and oxygen atoms in total. The van der Waals surface area contributed by atoms with Crippen molar-refractivity contribution in [3.05, 3.63) is 34.9 Å². The maximum Gasteiger partial charge on any atom is 0.317 e. The van der Waals surface area contributed by atoms with Crippen LogP contribution >= 0.6 is 23.4 Å². The molecule has 0 saturated heterocycles. The fraction of sp³-hybridized carbons (Fsp3) is 0.438. The van der Waals surface area contributed by atoms with Crippen LogP contribution in [-0.2, 0) is 19.1 Å². The Morgan fingerprint density at radius 3 is 2.50 bits per heavy atom. The molecule has 0 spiro atoms. The lowest BCUT2D eigenvalue weighted by atomic mass is 9.80. The summed E-state index contributed by atoms with van der Waals surface area (Å²) in [7, 11) is 1.21. The smallest absolute Gasteiger partial charge is 0.317 e. The second kappa shape index (κ2) is 8.96. The van der Waals surface area contributed by atoms with Gasteiger partial charge in [-0.25, -0.2) is 0 Å². The Kier molecular flexibility index (Phi) is 7.62. The topological polar surface area (TPSA) is 60.4 Å². The number of carbonyl (C=O) groups is 3. The standard InChI is InChI=1S/C16H19ClO4S/c1-10(18)14(16(20)21-2)15(13(19)7-8-22-3)11-5-4-6-12(17)9-11/h4-6,9,14-15H,7-8H2,1-3H3. The van der Waals surface area contributed by atoms with Gasteiger partial charge < -0.3 is 4.74 Å². The number of halogens is 1. The first-order valence-corrected chi connectivity index (χ1v) is 8.55. The van der Waals surface area contributed by atoms with Crippen LogP contribution in [0.25, 0.3) is 0 Å². The molecule has 2 unspecified atom stereocenters. The first-order valence-electron chi connectivity index (χ1n) is 6.77. The van der Waals surface area contributed by atoms with Crippen molar-refractivity contribution in [2.45, 2.75) is 19.3 Å². The fourth-order valence-electron chi connectivity index (χ4n) is 2.29. The van der Waals surface area contributed by atoms with Crippen LogP contribution in [0.5, 0.6) is 0 Å². The van der Waals surface area contributed by atoms with Crippen molar-refractivity contribution in [2.24, 2.45) is 5.92 Å². The predicted molar refractivity (Wildman–Crippen MR) is 88.4 cm³/mol. The molecule has 22 heavy (non-hydrogen) atoms. The normalized spacial score (nSPS) is 13.3. The SMILES string of the molecule is COC(=O)C(C(C)=O)C(C(=O)CCSC)c1cccc(Cl)c1. The van der Waals surface area contributed by atoms with E-state index in [0.29, 0.717) is 16.3 Å². The van der Waals surface area contributed by atoms with Gasteiger partial charge in [0.05, 0.1) is 13.0 Å². The van der Waals surface area contributed by atoms with E-state index in [9.17, 15) is 14.4 Å². The van der Waals surface area contributed by atoms with Gasteiger partial charge in [-0.15, -0.1) is 0 Å². The zero-order chi connectivity index (χ0) is 16.7. The number of Topliss-reactive ketones (excluding diaryl/α,β-unsaturated/α-hetero) is 2. The molecule has 2 atom stereocenters. The first kappa shape index (κ1) is 18.7. The molecule has 0 aliphatic heterocycles. The van der Waals surface area contributed by atoms with Crippen LogP contribution in [0, 0.1) is 5.92 Å². The Hall–Kier alpha value is -1.33. The van der Waals surface area contributed by atoms with Gasteiger partial charge in [-0.1, -0.05) is 23.7 Å². The molecule has 1 rings (SSSR count). The van der Waals surface area contributed by atoms with Crippen molar-refractivity contribution in [3.8, 4) is 0 Å². The molecule has 120 valence electrons. The van der Waals surface area contributed by atoms with Crippen molar-refractivity contribution >= 4 is 40.9 Å². The van der Waals surface area contributed by atoms with Crippen molar-refractivity contribution in [1.82, 2.24) is 0 Å². The van der Waals surface area contributed by atoms with Crippen LogP contribution < -0.4 is 0 Å². The highest BCUT2D eigenvalue weighted by atomic mass is 35.5. The lowest BCUT2D eigenvalue weighted by molar-refractivity contribution is -0.151. The Balaban J connectivity index is 3.28. The molecular formula is C16H19ClO4S. The predicted octanol–water partition coefficient (Wildman–Crippen LogP) is 3.12. The quantitative estimate of drug-likeness (QED) is 0.536. The zero-order valence-electron chi connectivity index (χ0n) is 12.8. The van der Waals surface area contributed by atoms with Crippen LogP contribution in [0.3, 0.4) is 0 Å². The molecule has 0 radical (unpaired) electrons. The van der Waals surface area contributed by atoms with E-state index >= 15 is 0 Å². The van der Waals surface area contributed by atoms with E-state index in [4.69, 9.17) is 16.3 Å². The zero-order valence-corrected chi connectivity index (χ0v) is 14.4. The molecule has 1 aromatic carbocycles. The van der Waals surface area contributed by atoms with Crippen LogP contribution in [0.4, 0.5) is 0 Å². The van der Waals surface area contributed by atoms with Gasteiger partial charge in [-0.05, 0) is 36.6 Å². The highest BCUT2D eigenvalue weighted by Crippen LogP contribution is 2.31. The van der Waals surface area contributed by atoms with Gasteiger partial charge >= 0.3 is 5.97 Å². The average Bonchev–Trinajstić information content (AvgIpc) is 2.48. The minimum atomic E-state index is -1.14. The average molecular weight is 343 g/mol. The number of ketones is 2. The summed E-state index contributed by atoms with van der Waals surface area (Å²) in [6.07, 6.45) is 2.17. The molecular weight excluding hydrogens is 324 g/mol. The highest BCUT2D eigenvalue weighted by molar-refractivity contribution is 7.98. The number of methoxy groups -OCH3 is 1. The molecule has 0 aliphatic rings. The number of ether oxygens (including phenoxy) is 1. The van der Waals surface area contributed by atoms with Gasteiger partial charge in [0.15, 0.2) is 0 Å². The van der Waals surface area contributed by atoms with Gasteiger partial charge in [0, 0.05) is 11.4 Å². The summed E-state index contributed by atoms with van der Waals surface area (Å²) >= 11 is 7.51. The Morgan fingerprint density at radius 1 is 1.32 bits per heavy atom. The Morgan fingerprint density at radius 2 is 2.00 bits per heavy atom. The molecule has 0 saturated carbocycles. The molecule has 0 amide bonds. The summed E-state index contributed by atoms with van der Waals surface area (Å²) in [6.45, 7) is 1.29. The van der Waals surface area contributed by atoms with Crippen molar-refractivity contribution in [3.63, 3.8) is 0 Å². The van der Waals surface area contributed by atoms with Crippen LogP contribution in [0.2, 0.25) is 5.02 Å². The molecule has 6 heteroatoms. The molecule has 0 aliphatic carbocycles. The van der Waals surface area contributed by atoms with E-state index in [1.807, 2.05) is 6.26 Å². The van der Waals surface area contributed by atoms with E-state index in [2.05, 4.69) is 0 Å². The third kappa shape index (κ3) is 4.85. The van der Waals surface area contributed by atoms with E-state index < -0.39 is 23.6 Å². The van der Waals surface area contributed by atoms with Crippen LogP contribution in [0.1, 0.15) is 24.8 Å². The summed E-state index contributed by atoms with van der Waals surface area (Å²) in [4.78, 5) is 36.5. The maximum absolute atomic E-state index is 12.6. The molecule has 0 heterocycles. The summed E-state index contributed by atoms with van der Waals surface area (Å²) in [5, 5.41) is 0.451. The van der Waals surface area contributed by atoms with Gasteiger partial charge in [-0.3, -0.25) is 14.4 Å². The number of esters is 1. The number of hydrogen-bond donors (Lipinski definition) is 0. The van der Waals surface area contributed by atoms with Gasteiger partial charge in [0.1, 0.15) is 17.5 Å². The van der Waals surface area contributed by atoms with Crippen molar-refractivity contribution in [2.75, 3.05) is 19.1 Å². The van der Waals surface area contributed by atoms with Gasteiger partial charge in [0.2, 0.25) is 0 Å². The fourth-order valence-corrected chi connectivity index (χ4v) is 2.89. The van der Waals surface area contributed by atoms with E-state index in [0.717, 1.165) is 0 Å². The van der Waals surface area contributed by atoms with Crippen LogP contribution in [-0.4, -0.2) is 36.7 Å². The lowest BCUT2D eigenvalue weighted by Gasteiger charge is -2.23. The maximum atomic E-state index is 12.6. The number of rotatable bonds is 8. The highest BCUT2D eigenvalue weighted by Gasteiger charge is 2.38. The Bertz CT molecular complexity index is 559. The van der Waals surface area contributed by atoms with Crippen LogP contribution in [0.15, 0.2) is 24.3 Å². The van der Waals surface area contributed by atoms with Gasteiger partial charge in [0.25, 0.3) is 0 Å². The van der Waals surface area contributed by atoms with Gasteiger partial charge in [-0.2, -0.15) is 11.8 Å². The Labute approximate surface area is 139 Å². The first-order chi connectivity index (χ1) is 10.4. The molecule has 0 fully saturated rings. The minimum Gasteiger partial charge on any atom is -0.468 e. The lowest BCUT2D eigenvalue weighted by Crippen LogP contribution is -2.34.